The van der Waals surface area contributed by atoms with Gasteiger partial charge in [0.05, 0.1) is 11.6 Å². The van der Waals surface area contributed by atoms with Gasteiger partial charge in [-0.2, -0.15) is 5.10 Å². The monoisotopic (exact) mass is 164 g/mol. The molecule has 1 aromatic heterocycles. The van der Waals surface area contributed by atoms with Crippen molar-refractivity contribution in [2.24, 2.45) is 0 Å². The zero-order chi connectivity index (χ0) is 8.60. The van der Waals surface area contributed by atoms with Crippen LogP contribution in [0.25, 0.3) is 0 Å². The van der Waals surface area contributed by atoms with Crippen LogP contribution >= 0.6 is 0 Å². The van der Waals surface area contributed by atoms with Crippen LogP contribution in [0.4, 0.5) is 0 Å². The summed E-state index contributed by atoms with van der Waals surface area (Å²) in [6.07, 6.45) is 6.28. The zero-order valence-corrected chi connectivity index (χ0v) is 7.13. The lowest BCUT2D eigenvalue weighted by Crippen LogP contribution is -2.25. The Morgan fingerprint density at radius 2 is 2.50 bits per heavy atom. The second-order valence-electron chi connectivity index (χ2n) is 3.60. The first-order chi connectivity index (χ1) is 5.73. The Bertz CT molecular complexity index is 291. The molecule has 0 saturated heterocycles. The highest BCUT2D eigenvalue weighted by Gasteiger charge is 2.39. The van der Waals surface area contributed by atoms with E-state index in [2.05, 4.69) is 10.2 Å². The Labute approximate surface area is 71.2 Å². The number of ketones is 1. The molecule has 1 aliphatic rings. The minimum Gasteiger partial charge on any atom is -0.299 e. The first kappa shape index (κ1) is 7.53. The Morgan fingerprint density at radius 3 is 3.00 bits per heavy atom. The fourth-order valence-corrected chi connectivity index (χ4v) is 1.88. The summed E-state index contributed by atoms with van der Waals surface area (Å²) in [5.74, 6) is 0.351. The molecule has 1 N–H and O–H groups in total. The van der Waals surface area contributed by atoms with Crippen molar-refractivity contribution < 1.29 is 4.79 Å². The van der Waals surface area contributed by atoms with Crippen LogP contribution in [-0.4, -0.2) is 16.0 Å². The molecule has 2 rings (SSSR count). The van der Waals surface area contributed by atoms with Gasteiger partial charge in [0.25, 0.3) is 0 Å². The number of hydrogen-bond acceptors (Lipinski definition) is 2. The average Bonchev–Trinajstić information content (AvgIpc) is 2.62. The molecule has 1 fully saturated rings. The number of aromatic nitrogens is 2. The highest BCUT2D eigenvalue weighted by atomic mass is 16.1. The Balaban J connectivity index is 2.38. The summed E-state index contributed by atoms with van der Waals surface area (Å²) in [5, 5.41) is 6.62. The van der Waals surface area contributed by atoms with Crippen molar-refractivity contribution in [2.75, 3.05) is 0 Å². The third kappa shape index (κ3) is 0.891. The highest BCUT2D eigenvalue weighted by molar-refractivity contribution is 5.91. The van der Waals surface area contributed by atoms with Crippen molar-refractivity contribution in [1.29, 1.82) is 0 Å². The molecule has 1 heterocycles. The van der Waals surface area contributed by atoms with Crippen LogP contribution in [0, 0.1) is 0 Å². The van der Waals surface area contributed by atoms with Crippen LogP contribution in [-0.2, 0) is 10.2 Å². The van der Waals surface area contributed by atoms with Gasteiger partial charge in [-0.3, -0.25) is 9.89 Å². The predicted molar refractivity (Wildman–Crippen MR) is 44.8 cm³/mol. The lowest BCUT2D eigenvalue weighted by molar-refractivity contribution is -0.121. The normalized spacial score (nSPS) is 29.6. The maximum Gasteiger partial charge on any atom is 0.143 e. The van der Waals surface area contributed by atoms with Crippen LogP contribution in [0.5, 0.6) is 0 Å². The maximum absolute atomic E-state index is 11.6. The summed E-state index contributed by atoms with van der Waals surface area (Å²) in [6.45, 7) is 2.01. The number of rotatable bonds is 1. The van der Waals surface area contributed by atoms with Gasteiger partial charge in [0, 0.05) is 18.2 Å². The van der Waals surface area contributed by atoms with Gasteiger partial charge < -0.3 is 0 Å². The molecule has 0 spiro atoms. The summed E-state index contributed by atoms with van der Waals surface area (Å²) < 4.78 is 0. The number of nitrogens with zero attached hydrogens (tertiary/aromatic N) is 1. The van der Waals surface area contributed by atoms with Crippen molar-refractivity contribution in [3.63, 3.8) is 0 Å². The number of carbonyl (C=O) groups is 1. The molecule has 1 aliphatic carbocycles. The van der Waals surface area contributed by atoms with E-state index in [-0.39, 0.29) is 5.41 Å². The van der Waals surface area contributed by atoms with E-state index in [1.165, 1.54) is 0 Å². The molecule has 0 amide bonds. The summed E-state index contributed by atoms with van der Waals surface area (Å²) in [7, 11) is 0. The molecular weight excluding hydrogens is 152 g/mol. The second kappa shape index (κ2) is 2.44. The van der Waals surface area contributed by atoms with E-state index in [9.17, 15) is 4.79 Å². The van der Waals surface area contributed by atoms with Crippen LogP contribution in [0.2, 0.25) is 0 Å². The Morgan fingerprint density at radius 1 is 1.67 bits per heavy atom. The van der Waals surface area contributed by atoms with E-state index in [4.69, 9.17) is 0 Å². The van der Waals surface area contributed by atoms with Crippen LogP contribution in [0.3, 0.4) is 0 Å². The molecule has 1 saturated carbocycles. The van der Waals surface area contributed by atoms with E-state index in [0.717, 1.165) is 24.8 Å². The topological polar surface area (TPSA) is 45.8 Å². The molecule has 0 aliphatic heterocycles. The van der Waals surface area contributed by atoms with Gasteiger partial charge in [-0.05, 0) is 19.8 Å². The van der Waals surface area contributed by atoms with Crippen LogP contribution in [0.15, 0.2) is 12.4 Å². The maximum atomic E-state index is 11.6. The van der Waals surface area contributed by atoms with Crippen molar-refractivity contribution in [1.82, 2.24) is 10.2 Å². The van der Waals surface area contributed by atoms with Crippen molar-refractivity contribution in [3.8, 4) is 0 Å². The second-order valence-corrected chi connectivity index (χ2v) is 3.60. The van der Waals surface area contributed by atoms with Crippen LogP contribution in [0.1, 0.15) is 31.7 Å². The molecular formula is C9H12N2O. The number of H-pyrrole nitrogens is 1. The Hall–Kier alpha value is -1.12. The fraction of sp³-hybridized carbons (Fsp3) is 0.556. The largest absolute Gasteiger partial charge is 0.299 e. The van der Waals surface area contributed by atoms with Gasteiger partial charge in [-0.1, -0.05) is 0 Å². The van der Waals surface area contributed by atoms with Gasteiger partial charge in [0.15, 0.2) is 0 Å². The van der Waals surface area contributed by atoms with Gasteiger partial charge >= 0.3 is 0 Å². The molecule has 1 unspecified atom stereocenters. The summed E-state index contributed by atoms with van der Waals surface area (Å²) >= 11 is 0. The van der Waals surface area contributed by atoms with Gasteiger partial charge in [-0.15, -0.1) is 0 Å². The lowest BCUT2D eigenvalue weighted by Gasteiger charge is -2.19. The first-order valence-electron chi connectivity index (χ1n) is 4.26. The lowest BCUT2D eigenvalue weighted by atomic mass is 9.82. The molecule has 0 bridgehead atoms. The Kier molecular flexibility index (Phi) is 1.53. The minimum atomic E-state index is -0.257. The molecule has 0 aromatic carbocycles. The van der Waals surface area contributed by atoms with E-state index in [1.54, 1.807) is 6.20 Å². The first-order valence-corrected chi connectivity index (χ1v) is 4.26. The van der Waals surface area contributed by atoms with Gasteiger partial charge in [0.1, 0.15) is 5.78 Å². The van der Waals surface area contributed by atoms with E-state index in [1.807, 2.05) is 13.1 Å². The molecule has 64 valence electrons. The molecule has 12 heavy (non-hydrogen) atoms. The summed E-state index contributed by atoms with van der Waals surface area (Å²) in [4.78, 5) is 11.6. The smallest absolute Gasteiger partial charge is 0.143 e. The van der Waals surface area contributed by atoms with Gasteiger partial charge in [0.2, 0.25) is 0 Å². The SMILES string of the molecule is CC1(c2cn[nH]c2)CCCC1=O. The third-order valence-corrected chi connectivity index (χ3v) is 2.83. The summed E-state index contributed by atoms with van der Waals surface area (Å²) in [5.41, 5.74) is 0.775. The molecule has 0 radical (unpaired) electrons. The van der Waals surface area contributed by atoms with E-state index < -0.39 is 0 Å². The predicted octanol–water partition coefficient (Wildman–Crippen LogP) is 1.42. The number of carbonyl (C=O) groups excluding carboxylic acids is 1. The van der Waals surface area contributed by atoms with E-state index >= 15 is 0 Å². The van der Waals surface area contributed by atoms with Crippen molar-refractivity contribution in [3.05, 3.63) is 18.0 Å². The quantitative estimate of drug-likeness (QED) is 0.682. The number of nitrogens with one attached hydrogen (secondary N) is 1. The molecule has 3 heteroatoms. The minimum absolute atomic E-state index is 0.257. The number of aromatic amines is 1. The third-order valence-electron chi connectivity index (χ3n) is 2.83. The number of hydrogen-bond donors (Lipinski definition) is 1. The average molecular weight is 164 g/mol. The fourth-order valence-electron chi connectivity index (χ4n) is 1.88. The van der Waals surface area contributed by atoms with E-state index in [0.29, 0.717) is 5.78 Å². The zero-order valence-electron chi connectivity index (χ0n) is 7.13. The van der Waals surface area contributed by atoms with Crippen LogP contribution < -0.4 is 0 Å². The summed E-state index contributed by atoms with van der Waals surface area (Å²) in [6, 6.07) is 0. The molecule has 1 atom stereocenters. The van der Waals surface area contributed by atoms with Gasteiger partial charge in [-0.25, -0.2) is 0 Å². The molecule has 3 nitrogen and oxygen atoms in total. The van der Waals surface area contributed by atoms with Crippen molar-refractivity contribution in [2.45, 2.75) is 31.6 Å². The highest BCUT2D eigenvalue weighted by Crippen LogP contribution is 2.36. The number of Topliss-reactive ketones (excluding diaryl/α,β-unsaturated/α-hetero) is 1. The van der Waals surface area contributed by atoms with Crippen molar-refractivity contribution >= 4 is 5.78 Å². The standard InChI is InChI=1S/C9H12N2O/c1-9(4-2-3-8(9)12)7-5-10-11-6-7/h5-6H,2-4H2,1H3,(H,10,11). The molecule has 1 aromatic rings.